The lowest BCUT2D eigenvalue weighted by molar-refractivity contribution is 0.101. The molecule has 0 N–H and O–H groups in total. The summed E-state index contributed by atoms with van der Waals surface area (Å²) >= 11 is 0. The third kappa shape index (κ3) is 2.04. The van der Waals surface area contributed by atoms with Crippen molar-refractivity contribution in [3.05, 3.63) is 65.0 Å². The average Bonchev–Trinajstić information content (AvgIpc) is 3.19. The highest BCUT2D eigenvalue weighted by atomic mass is 19.1. The fourth-order valence-corrected chi connectivity index (χ4v) is 3.69. The van der Waals surface area contributed by atoms with Gasteiger partial charge in [-0.15, -0.1) is 0 Å². The third-order valence-corrected chi connectivity index (χ3v) is 4.91. The molecule has 2 nitrogen and oxygen atoms in total. The van der Waals surface area contributed by atoms with E-state index < -0.39 is 0 Å². The molecule has 1 aliphatic carbocycles. The summed E-state index contributed by atoms with van der Waals surface area (Å²) in [6.07, 6.45) is 2.36. The van der Waals surface area contributed by atoms with Crippen LogP contribution in [0.25, 0.3) is 0 Å². The number of hydrogen-bond acceptors (Lipinski definition) is 2. The van der Waals surface area contributed by atoms with E-state index in [1.807, 2.05) is 18.2 Å². The molecule has 4 rings (SSSR count). The first kappa shape index (κ1) is 13.5. The van der Waals surface area contributed by atoms with Crippen LogP contribution in [0.2, 0.25) is 0 Å². The van der Waals surface area contributed by atoms with Crippen LogP contribution in [0.1, 0.15) is 41.3 Å². The number of carbonyl (C=O) groups excluding carboxylic acids is 1. The van der Waals surface area contributed by atoms with Crippen LogP contribution < -0.4 is 4.90 Å². The minimum atomic E-state index is -0.210. The lowest BCUT2D eigenvalue weighted by atomic mass is 9.95. The monoisotopic (exact) mass is 295 g/mol. The van der Waals surface area contributed by atoms with Crippen molar-refractivity contribution in [3.8, 4) is 0 Å². The first-order valence-corrected chi connectivity index (χ1v) is 7.73. The molecular weight excluding hydrogens is 277 g/mol. The first-order valence-electron chi connectivity index (χ1n) is 7.73. The van der Waals surface area contributed by atoms with E-state index in [1.54, 1.807) is 19.1 Å². The summed E-state index contributed by atoms with van der Waals surface area (Å²) in [4.78, 5) is 14.3. The van der Waals surface area contributed by atoms with Gasteiger partial charge in [0.25, 0.3) is 0 Å². The van der Waals surface area contributed by atoms with Gasteiger partial charge in [0.2, 0.25) is 0 Å². The predicted molar refractivity (Wildman–Crippen MR) is 84.8 cm³/mol. The summed E-state index contributed by atoms with van der Waals surface area (Å²) in [6, 6.07) is 12.8. The number of nitrogens with zero attached hydrogens (tertiary/aromatic N) is 1. The molecule has 112 valence electrons. The van der Waals surface area contributed by atoms with Crippen molar-refractivity contribution in [1.29, 1.82) is 0 Å². The van der Waals surface area contributed by atoms with Crippen molar-refractivity contribution in [3.63, 3.8) is 0 Å². The smallest absolute Gasteiger partial charge is 0.161 e. The summed E-state index contributed by atoms with van der Waals surface area (Å²) in [5.41, 5.74) is 4.33. The molecule has 2 aromatic rings. The number of Topliss-reactive ketones (excluding diaryl/α,β-unsaturated/α-hetero) is 1. The molecule has 1 fully saturated rings. The molecule has 0 radical (unpaired) electrons. The zero-order valence-electron chi connectivity index (χ0n) is 12.6. The topological polar surface area (TPSA) is 20.3 Å². The number of benzene rings is 2. The van der Waals surface area contributed by atoms with E-state index in [-0.39, 0.29) is 17.0 Å². The fourth-order valence-electron chi connectivity index (χ4n) is 3.69. The number of ketones is 1. The van der Waals surface area contributed by atoms with Gasteiger partial charge in [0.05, 0.1) is 5.69 Å². The maximum absolute atomic E-state index is 13.4. The van der Waals surface area contributed by atoms with Crippen molar-refractivity contribution < 1.29 is 9.18 Å². The van der Waals surface area contributed by atoms with Crippen LogP contribution in [0.4, 0.5) is 10.1 Å². The second kappa shape index (κ2) is 4.67. The average molecular weight is 295 g/mol. The molecule has 0 amide bonds. The van der Waals surface area contributed by atoms with Crippen molar-refractivity contribution in [2.24, 2.45) is 0 Å². The summed E-state index contributed by atoms with van der Waals surface area (Å²) in [5, 5.41) is 0. The van der Waals surface area contributed by atoms with Crippen molar-refractivity contribution >= 4 is 11.5 Å². The van der Waals surface area contributed by atoms with E-state index in [9.17, 15) is 9.18 Å². The van der Waals surface area contributed by atoms with Crippen LogP contribution in [-0.4, -0.2) is 12.3 Å². The van der Waals surface area contributed by atoms with Crippen LogP contribution >= 0.6 is 0 Å². The maximum Gasteiger partial charge on any atom is 0.161 e. The zero-order valence-corrected chi connectivity index (χ0v) is 12.6. The van der Waals surface area contributed by atoms with Gasteiger partial charge in [0, 0.05) is 24.1 Å². The van der Waals surface area contributed by atoms with Gasteiger partial charge in [0.15, 0.2) is 5.78 Å². The Morgan fingerprint density at radius 1 is 1.23 bits per heavy atom. The number of carbonyl (C=O) groups is 1. The Morgan fingerprint density at radius 3 is 2.68 bits per heavy atom. The Bertz CT molecular complexity index is 764. The highest BCUT2D eigenvalue weighted by molar-refractivity contribution is 6.01. The highest BCUT2D eigenvalue weighted by Crippen LogP contribution is 2.57. The lowest BCUT2D eigenvalue weighted by Gasteiger charge is -2.22. The number of hydrogen-bond donors (Lipinski definition) is 0. The van der Waals surface area contributed by atoms with Gasteiger partial charge in [-0.2, -0.15) is 0 Å². The van der Waals surface area contributed by atoms with E-state index in [4.69, 9.17) is 0 Å². The fraction of sp³-hybridized carbons (Fsp3) is 0.316. The molecule has 2 aliphatic rings. The molecule has 0 bridgehead atoms. The van der Waals surface area contributed by atoms with Gasteiger partial charge in [-0.05, 0) is 49.1 Å². The Labute approximate surface area is 129 Å². The molecular formula is C19H18FNO. The third-order valence-electron chi connectivity index (χ3n) is 4.91. The quantitative estimate of drug-likeness (QED) is 0.795. The largest absolute Gasteiger partial charge is 0.365 e. The summed E-state index contributed by atoms with van der Waals surface area (Å²) in [5.74, 6) is -0.114. The van der Waals surface area contributed by atoms with Crippen LogP contribution in [0.3, 0.4) is 0 Å². The molecule has 0 atom stereocenters. The summed E-state index contributed by atoms with van der Waals surface area (Å²) in [7, 11) is 0. The van der Waals surface area contributed by atoms with E-state index in [0.29, 0.717) is 6.54 Å². The predicted octanol–water partition coefficient (Wildman–Crippen LogP) is 4.08. The number of halogens is 1. The molecule has 22 heavy (non-hydrogen) atoms. The number of fused-ring (bicyclic) bond motifs is 2. The standard InChI is InChI=1S/C19H18FNO/c1-13(22)16-6-3-7-17-18(16)21(12-19(17)8-9-19)11-14-4-2-5-15(20)10-14/h2-7,10H,8-9,11-12H2,1H3. The molecule has 1 saturated carbocycles. The maximum atomic E-state index is 13.4. The van der Waals surface area contributed by atoms with Crippen molar-refractivity contribution in [1.82, 2.24) is 0 Å². The molecule has 1 aliphatic heterocycles. The van der Waals surface area contributed by atoms with Crippen molar-refractivity contribution in [2.45, 2.75) is 31.7 Å². The van der Waals surface area contributed by atoms with Gasteiger partial charge in [-0.3, -0.25) is 4.79 Å². The molecule has 1 heterocycles. The minimum Gasteiger partial charge on any atom is -0.365 e. The normalized spacial score (nSPS) is 17.6. The van der Waals surface area contributed by atoms with Gasteiger partial charge >= 0.3 is 0 Å². The van der Waals surface area contributed by atoms with Gasteiger partial charge in [-0.25, -0.2) is 4.39 Å². The summed E-state index contributed by atoms with van der Waals surface area (Å²) in [6.45, 7) is 3.20. The second-order valence-corrected chi connectivity index (χ2v) is 6.52. The van der Waals surface area contributed by atoms with Gasteiger partial charge < -0.3 is 4.90 Å². The van der Waals surface area contributed by atoms with Gasteiger partial charge in [-0.1, -0.05) is 24.3 Å². The number of rotatable bonds is 3. The first-order chi connectivity index (χ1) is 10.6. The second-order valence-electron chi connectivity index (χ2n) is 6.52. The molecule has 0 saturated heterocycles. The van der Waals surface area contributed by atoms with Crippen molar-refractivity contribution in [2.75, 3.05) is 11.4 Å². The number of para-hydroxylation sites is 1. The number of anilines is 1. The van der Waals surface area contributed by atoms with E-state index in [0.717, 1.165) is 23.4 Å². The van der Waals surface area contributed by atoms with E-state index in [1.165, 1.54) is 24.5 Å². The van der Waals surface area contributed by atoms with Crippen LogP contribution in [-0.2, 0) is 12.0 Å². The van der Waals surface area contributed by atoms with Crippen LogP contribution in [0, 0.1) is 5.82 Å². The molecule has 3 heteroatoms. The van der Waals surface area contributed by atoms with Gasteiger partial charge in [0.1, 0.15) is 5.82 Å². The molecule has 1 spiro atoms. The highest BCUT2D eigenvalue weighted by Gasteiger charge is 2.52. The Hall–Kier alpha value is -2.16. The molecule has 0 unspecified atom stereocenters. The van der Waals surface area contributed by atoms with Crippen LogP contribution in [0.5, 0.6) is 0 Å². The van der Waals surface area contributed by atoms with Crippen LogP contribution in [0.15, 0.2) is 42.5 Å². The molecule has 2 aromatic carbocycles. The lowest BCUT2D eigenvalue weighted by Crippen LogP contribution is -2.24. The zero-order chi connectivity index (χ0) is 15.3. The SMILES string of the molecule is CC(=O)c1cccc2c1N(Cc1cccc(F)c1)CC21CC1. The van der Waals surface area contributed by atoms with E-state index in [2.05, 4.69) is 11.0 Å². The Morgan fingerprint density at radius 2 is 2.00 bits per heavy atom. The summed E-state index contributed by atoms with van der Waals surface area (Å²) < 4.78 is 13.4. The Kier molecular flexibility index (Phi) is 2.86. The Balaban J connectivity index is 1.76. The minimum absolute atomic E-state index is 0.0961. The molecule has 0 aromatic heterocycles. The van der Waals surface area contributed by atoms with E-state index >= 15 is 0 Å².